The Hall–Kier alpha value is -0.610. The van der Waals surface area contributed by atoms with Gasteiger partial charge in [0.2, 0.25) is 5.91 Å². The Morgan fingerprint density at radius 2 is 2.00 bits per heavy atom. The predicted molar refractivity (Wildman–Crippen MR) is 82.4 cm³/mol. The van der Waals surface area contributed by atoms with Crippen molar-refractivity contribution in [2.75, 3.05) is 33.2 Å². The number of nitrogens with two attached hydrogens (primary N) is 1. The van der Waals surface area contributed by atoms with E-state index in [0.717, 1.165) is 25.9 Å². The summed E-state index contributed by atoms with van der Waals surface area (Å²) in [4.78, 5) is 16.9. The molecule has 0 spiro atoms. The third-order valence-corrected chi connectivity index (χ3v) is 5.18. The molecule has 0 aromatic heterocycles. The monoisotopic (exact) mass is 281 g/mol. The Balaban J connectivity index is 1.76. The number of nitrogens with zero attached hydrogens (tertiary/aromatic N) is 2. The number of likely N-dealkylation sites (tertiary alicyclic amines) is 1. The van der Waals surface area contributed by atoms with Crippen LogP contribution in [-0.4, -0.2) is 55.0 Å². The number of hydrogen-bond donors (Lipinski definition) is 1. The maximum absolute atomic E-state index is 12.5. The van der Waals surface area contributed by atoms with Crippen LogP contribution in [-0.2, 0) is 4.79 Å². The Morgan fingerprint density at radius 1 is 1.30 bits per heavy atom. The average Bonchev–Trinajstić information content (AvgIpc) is 2.96. The Labute approximate surface area is 123 Å². The highest BCUT2D eigenvalue weighted by Gasteiger charge is 2.30. The molecule has 0 aromatic rings. The summed E-state index contributed by atoms with van der Waals surface area (Å²) in [6.07, 6.45) is 7.12. The lowest BCUT2D eigenvalue weighted by Gasteiger charge is -2.33. The highest BCUT2D eigenvalue weighted by atomic mass is 16.2. The maximum atomic E-state index is 12.5. The van der Waals surface area contributed by atoms with Crippen LogP contribution in [0.2, 0.25) is 0 Å². The fourth-order valence-corrected chi connectivity index (χ4v) is 3.68. The van der Waals surface area contributed by atoms with E-state index >= 15 is 0 Å². The molecular formula is C16H31N3O. The molecule has 4 heteroatoms. The third kappa shape index (κ3) is 4.19. The summed E-state index contributed by atoms with van der Waals surface area (Å²) in [6.45, 7) is 6.39. The minimum Gasteiger partial charge on any atom is -0.344 e. The topological polar surface area (TPSA) is 49.6 Å². The average molecular weight is 281 g/mol. The Bertz CT molecular complexity index is 315. The highest BCUT2D eigenvalue weighted by Crippen LogP contribution is 2.30. The van der Waals surface area contributed by atoms with Gasteiger partial charge in [0.1, 0.15) is 0 Å². The van der Waals surface area contributed by atoms with Gasteiger partial charge in [0.05, 0.1) is 0 Å². The van der Waals surface area contributed by atoms with Gasteiger partial charge in [0.15, 0.2) is 0 Å². The van der Waals surface area contributed by atoms with Gasteiger partial charge < -0.3 is 15.5 Å². The minimum absolute atomic E-state index is 0.130. The van der Waals surface area contributed by atoms with E-state index in [-0.39, 0.29) is 5.92 Å². The number of likely N-dealkylation sites (N-methyl/N-ethyl adjacent to an activating group) is 1. The van der Waals surface area contributed by atoms with Crippen molar-refractivity contribution < 1.29 is 4.79 Å². The van der Waals surface area contributed by atoms with Crippen LogP contribution in [0.4, 0.5) is 0 Å². The standard InChI is InChI=1S/C16H31N3O/c1-13(14-6-5-7-15(17)12-14)16(20)18(2)10-11-19-8-3-4-9-19/h13-15H,3-12,17H2,1-2H3. The lowest BCUT2D eigenvalue weighted by Crippen LogP contribution is -2.41. The number of amides is 1. The second-order valence-electron chi connectivity index (χ2n) is 6.78. The van der Waals surface area contributed by atoms with Gasteiger partial charge in [0, 0.05) is 32.1 Å². The zero-order chi connectivity index (χ0) is 14.5. The van der Waals surface area contributed by atoms with Gasteiger partial charge in [0.25, 0.3) is 0 Å². The summed E-state index contributed by atoms with van der Waals surface area (Å²) in [5.74, 6) is 0.925. The van der Waals surface area contributed by atoms with Gasteiger partial charge in [-0.05, 0) is 51.1 Å². The van der Waals surface area contributed by atoms with Crippen LogP contribution in [0.3, 0.4) is 0 Å². The summed E-state index contributed by atoms with van der Waals surface area (Å²) in [7, 11) is 1.96. The fraction of sp³-hybridized carbons (Fsp3) is 0.938. The van der Waals surface area contributed by atoms with Gasteiger partial charge in [-0.25, -0.2) is 0 Å². The van der Waals surface area contributed by atoms with E-state index in [1.54, 1.807) is 0 Å². The van der Waals surface area contributed by atoms with E-state index in [4.69, 9.17) is 5.73 Å². The molecule has 0 bridgehead atoms. The third-order valence-electron chi connectivity index (χ3n) is 5.18. The van der Waals surface area contributed by atoms with E-state index in [1.807, 2.05) is 11.9 Å². The van der Waals surface area contributed by atoms with Crippen LogP contribution in [0.1, 0.15) is 45.4 Å². The lowest BCUT2D eigenvalue weighted by atomic mass is 9.78. The minimum atomic E-state index is 0.130. The van der Waals surface area contributed by atoms with Crippen molar-refractivity contribution in [3.63, 3.8) is 0 Å². The molecule has 1 aliphatic carbocycles. The largest absolute Gasteiger partial charge is 0.344 e. The summed E-state index contributed by atoms with van der Waals surface area (Å²) >= 11 is 0. The molecular weight excluding hydrogens is 250 g/mol. The van der Waals surface area contributed by atoms with Crippen molar-refractivity contribution in [2.45, 2.75) is 51.5 Å². The van der Waals surface area contributed by atoms with Crippen LogP contribution in [0.15, 0.2) is 0 Å². The van der Waals surface area contributed by atoms with Gasteiger partial charge >= 0.3 is 0 Å². The summed E-state index contributed by atoms with van der Waals surface area (Å²) in [6, 6.07) is 0.305. The van der Waals surface area contributed by atoms with Crippen molar-refractivity contribution in [2.24, 2.45) is 17.6 Å². The first-order chi connectivity index (χ1) is 9.58. The molecule has 1 amide bonds. The van der Waals surface area contributed by atoms with Crippen molar-refractivity contribution in [3.8, 4) is 0 Å². The van der Waals surface area contributed by atoms with Crippen molar-refractivity contribution in [3.05, 3.63) is 0 Å². The second-order valence-corrected chi connectivity index (χ2v) is 6.78. The normalized spacial score (nSPS) is 29.4. The van der Waals surface area contributed by atoms with Crippen molar-refractivity contribution in [1.82, 2.24) is 9.80 Å². The lowest BCUT2D eigenvalue weighted by molar-refractivity contribution is -0.136. The van der Waals surface area contributed by atoms with Gasteiger partial charge in [-0.3, -0.25) is 4.79 Å². The molecule has 1 saturated heterocycles. The first-order valence-electron chi connectivity index (χ1n) is 8.31. The summed E-state index contributed by atoms with van der Waals surface area (Å²) in [5, 5.41) is 0. The molecule has 20 heavy (non-hydrogen) atoms. The molecule has 0 aromatic carbocycles. The SMILES string of the molecule is CC(C(=O)N(C)CCN1CCCC1)C1CCCC(N)C1. The molecule has 2 aliphatic rings. The van der Waals surface area contributed by atoms with E-state index < -0.39 is 0 Å². The highest BCUT2D eigenvalue weighted by molar-refractivity contribution is 5.78. The number of hydrogen-bond acceptors (Lipinski definition) is 3. The molecule has 0 radical (unpaired) electrons. The molecule has 1 aliphatic heterocycles. The number of carbonyl (C=O) groups excluding carboxylic acids is 1. The fourth-order valence-electron chi connectivity index (χ4n) is 3.68. The smallest absolute Gasteiger partial charge is 0.225 e. The zero-order valence-corrected chi connectivity index (χ0v) is 13.2. The van der Waals surface area contributed by atoms with Gasteiger partial charge in [-0.2, -0.15) is 0 Å². The molecule has 1 heterocycles. The molecule has 2 N–H and O–H groups in total. The Morgan fingerprint density at radius 3 is 2.65 bits per heavy atom. The van der Waals surface area contributed by atoms with E-state index in [0.29, 0.717) is 17.9 Å². The van der Waals surface area contributed by atoms with Crippen molar-refractivity contribution >= 4 is 5.91 Å². The van der Waals surface area contributed by atoms with Gasteiger partial charge in [-0.1, -0.05) is 13.3 Å². The van der Waals surface area contributed by atoms with Crippen LogP contribution >= 0.6 is 0 Å². The molecule has 3 unspecified atom stereocenters. The quantitative estimate of drug-likeness (QED) is 0.834. The van der Waals surface area contributed by atoms with Crippen LogP contribution < -0.4 is 5.73 Å². The van der Waals surface area contributed by atoms with Crippen LogP contribution in [0.5, 0.6) is 0 Å². The molecule has 2 rings (SSSR count). The second kappa shape index (κ2) is 7.41. The van der Waals surface area contributed by atoms with Crippen LogP contribution in [0.25, 0.3) is 0 Å². The first-order valence-corrected chi connectivity index (χ1v) is 8.31. The van der Waals surface area contributed by atoms with Crippen molar-refractivity contribution in [1.29, 1.82) is 0 Å². The first kappa shape index (κ1) is 15.8. The van der Waals surface area contributed by atoms with Crippen LogP contribution in [0, 0.1) is 11.8 Å². The number of carbonyl (C=O) groups is 1. The zero-order valence-electron chi connectivity index (χ0n) is 13.2. The molecule has 1 saturated carbocycles. The van der Waals surface area contributed by atoms with E-state index in [1.165, 1.54) is 38.8 Å². The molecule has 4 nitrogen and oxygen atoms in total. The summed E-state index contributed by atoms with van der Waals surface area (Å²) in [5.41, 5.74) is 6.05. The molecule has 116 valence electrons. The van der Waals surface area contributed by atoms with Gasteiger partial charge in [-0.15, -0.1) is 0 Å². The molecule has 2 fully saturated rings. The molecule has 3 atom stereocenters. The van der Waals surface area contributed by atoms with E-state index in [9.17, 15) is 4.79 Å². The summed E-state index contributed by atoms with van der Waals surface area (Å²) < 4.78 is 0. The van der Waals surface area contributed by atoms with E-state index in [2.05, 4.69) is 11.8 Å². The predicted octanol–water partition coefficient (Wildman–Crippen LogP) is 1.69. The maximum Gasteiger partial charge on any atom is 0.225 e. The Kier molecular flexibility index (Phi) is 5.85. The number of rotatable bonds is 5.